The molecule has 1 aromatic carbocycles. The molecule has 1 unspecified atom stereocenters. The fraction of sp³-hybridized carbons (Fsp3) is 0.591. The minimum Gasteiger partial charge on any atom is -0.485 e. The average Bonchev–Trinajstić information content (AvgIpc) is 2.92. The van der Waals surface area contributed by atoms with Crippen LogP contribution in [0.1, 0.15) is 36.0 Å². The first-order valence-corrected chi connectivity index (χ1v) is 10.5. The first kappa shape index (κ1) is 22.1. The second-order valence-corrected chi connectivity index (χ2v) is 8.51. The van der Waals surface area contributed by atoms with Crippen LogP contribution in [0.5, 0.6) is 5.75 Å². The Kier molecular flexibility index (Phi) is 6.97. The molecule has 1 atom stereocenters. The molecule has 164 valence electrons. The van der Waals surface area contributed by atoms with Gasteiger partial charge in [0.15, 0.2) is 0 Å². The van der Waals surface area contributed by atoms with Crippen LogP contribution in [-0.2, 0) is 9.59 Å². The Balaban J connectivity index is 1.77. The second kappa shape index (κ2) is 9.47. The third-order valence-corrected chi connectivity index (χ3v) is 5.77. The molecule has 0 aromatic heterocycles. The van der Waals surface area contributed by atoms with Crippen LogP contribution >= 0.6 is 0 Å². The quantitative estimate of drug-likeness (QED) is 0.699. The summed E-state index contributed by atoms with van der Waals surface area (Å²) in [5.41, 5.74) is -0.229. The summed E-state index contributed by atoms with van der Waals surface area (Å²) < 4.78 is 6.39. The number of amides is 3. The molecule has 0 bridgehead atoms. The maximum absolute atomic E-state index is 13.2. The summed E-state index contributed by atoms with van der Waals surface area (Å²) in [6, 6.07) is 7.14. The predicted molar refractivity (Wildman–Crippen MR) is 113 cm³/mol. The first-order valence-electron chi connectivity index (χ1n) is 10.5. The topological polar surface area (TPSA) is 82.2 Å². The van der Waals surface area contributed by atoms with Gasteiger partial charge in [0.2, 0.25) is 11.8 Å². The van der Waals surface area contributed by atoms with Gasteiger partial charge in [0.1, 0.15) is 11.4 Å². The first-order chi connectivity index (χ1) is 14.3. The Labute approximate surface area is 178 Å². The summed E-state index contributed by atoms with van der Waals surface area (Å²) in [4.78, 5) is 43.3. The number of nitrogens with one attached hydrogen (secondary N) is 1. The SMILES string of the molecule is CN(C)CCCNC(=O)CN1CC2(CCC(=O)N(C)CC2)Oc2ccccc2C1=O. The van der Waals surface area contributed by atoms with Crippen molar-refractivity contribution < 1.29 is 19.1 Å². The van der Waals surface area contributed by atoms with Crippen LogP contribution < -0.4 is 10.1 Å². The van der Waals surface area contributed by atoms with E-state index in [0.717, 1.165) is 13.0 Å². The number of para-hydroxylation sites is 1. The van der Waals surface area contributed by atoms with Crippen molar-refractivity contribution in [2.24, 2.45) is 0 Å². The highest BCUT2D eigenvalue weighted by molar-refractivity contribution is 5.99. The van der Waals surface area contributed by atoms with Gasteiger partial charge in [-0.2, -0.15) is 0 Å². The summed E-state index contributed by atoms with van der Waals surface area (Å²) in [6.07, 6.45) is 2.32. The third-order valence-electron chi connectivity index (χ3n) is 5.77. The lowest BCUT2D eigenvalue weighted by atomic mass is 9.93. The van der Waals surface area contributed by atoms with Gasteiger partial charge < -0.3 is 24.8 Å². The highest BCUT2D eigenvalue weighted by Gasteiger charge is 2.43. The number of carbonyl (C=O) groups is 3. The third kappa shape index (κ3) is 5.30. The van der Waals surface area contributed by atoms with Gasteiger partial charge >= 0.3 is 0 Å². The minimum absolute atomic E-state index is 0.0238. The van der Waals surface area contributed by atoms with E-state index in [1.54, 1.807) is 35.0 Å². The van der Waals surface area contributed by atoms with Crippen LogP contribution in [0, 0.1) is 0 Å². The Bertz CT molecular complexity index is 797. The zero-order valence-electron chi connectivity index (χ0n) is 18.1. The number of fused-ring (bicyclic) bond motifs is 1. The van der Waals surface area contributed by atoms with Crippen LogP contribution in [-0.4, -0.2) is 91.9 Å². The summed E-state index contributed by atoms with van der Waals surface area (Å²) in [5.74, 6) is 0.200. The Morgan fingerprint density at radius 2 is 2.00 bits per heavy atom. The summed E-state index contributed by atoms with van der Waals surface area (Å²) in [5, 5.41) is 2.91. The highest BCUT2D eigenvalue weighted by atomic mass is 16.5. The van der Waals surface area contributed by atoms with E-state index in [0.29, 0.717) is 43.7 Å². The molecule has 2 aliphatic heterocycles. The number of ether oxygens (including phenoxy) is 1. The van der Waals surface area contributed by atoms with Crippen molar-refractivity contribution in [1.29, 1.82) is 0 Å². The van der Waals surface area contributed by atoms with Gasteiger partial charge in [-0.1, -0.05) is 12.1 Å². The number of rotatable bonds is 6. The average molecular weight is 417 g/mol. The largest absolute Gasteiger partial charge is 0.485 e. The standard InChI is InChI=1S/C22H32N4O4/c1-24(2)13-6-12-23-19(27)15-26-16-22(10-9-20(28)25(3)14-11-22)30-18-8-5-4-7-17(18)21(26)29/h4-5,7-8H,6,9-16H2,1-3H3,(H,23,27). The number of hydrogen-bond donors (Lipinski definition) is 1. The van der Waals surface area contributed by atoms with E-state index in [9.17, 15) is 14.4 Å². The molecule has 2 heterocycles. The molecule has 3 rings (SSSR count). The van der Waals surface area contributed by atoms with E-state index in [1.807, 2.05) is 20.2 Å². The number of carbonyl (C=O) groups excluding carboxylic acids is 3. The van der Waals surface area contributed by atoms with Gasteiger partial charge in [0.25, 0.3) is 5.91 Å². The van der Waals surface area contributed by atoms with Crippen molar-refractivity contribution in [3.63, 3.8) is 0 Å². The van der Waals surface area contributed by atoms with Crippen LogP contribution in [0.25, 0.3) is 0 Å². The van der Waals surface area contributed by atoms with Crippen molar-refractivity contribution in [2.75, 3.05) is 53.9 Å². The Morgan fingerprint density at radius 1 is 1.23 bits per heavy atom. The molecular formula is C22H32N4O4. The number of hydrogen-bond acceptors (Lipinski definition) is 5. The lowest BCUT2D eigenvalue weighted by Crippen LogP contribution is -2.50. The maximum Gasteiger partial charge on any atom is 0.258 e. The van der Waals surface area contributed by atoms with E-state index >= 15 is 0 Å². The monoisotopic (exact) mass is 416 g/mol. The molecule has 0 saturated carbocycles. The molecule has 1 spiro atoms. The molecule has 0 radical (unpaired) electrons. The van der Waals surface area contributed by atoms with Gasteiger partial charge in [0, 0.05) is 33.0 Å². The predicted octanol–water partition coefficient (Wildman–Crippen LogP) is 0.970. The number of nitrogens with zero attached hydrogens (tertiary/aromatic N) is 3. The lowest BCUT2D eigenvalue weighted by molar-refractivity contribution is -0.129. The van der Waals surface area contributed by atoms with E-state index in [4.69, 9.17) is 4.74 Å². The fourth-order valence-corrected chi connectivity index (χ4v) is 3.97. The molecule has 8 heteroatoms. The molecule has 1 N–H and O–H groups in total. The molecule has 8 nitrogen and oxygen atoms in total. The van der Waals surface area contributed by atoms with E-state index in [1.165, 1.54) is 0 Å². The zero-order valence-corrected chi connectivity index (χ0v) is 18.1. The van der Waals surface area contributed by atoms with E-state index < -0.39 is 5.60 Å². The summed E-state index contributed by atoms with van der Waals surface area (Å²) in [6.45, 7) is 2.27. The van der Waals surface area contributed by atoms with Crippen molar-refractivity contribution in [3.8, 4) is 5.75 Å². The van der Waals surface area contributed by atoms with Gasteiger partial charge in [-0.05, 0) is 45.6 Å². The Morgan fingerprint density at radius 3 is 2.77 bits per heavy atom. The van der Waals surface area contributed by atoms with Gasteiger partial charge in [-0.3, -0.25) is 14.4 Å². The molecule has 1 saturated heterocycles. The van der Waals surface area contributed by atoms with E-state index in [-0.39, 0.29) is 30.8 Å². The van der Waals surface area contributed by atoms with Crippen molar-refractivity contribution in [3.05, 3.63) is 29.8 Å². The van der Waals surface area contributed by atoms with Crippen LogP contribution in [0.2, 0.25) is 0 Å². The number of benzene rings is 1. The maximum atomic E-state index is 13.2. The molecule has 30 heavy (non-hydrogen) atoms. The van der Waals surface area contributed by atoms with Crippen LogP contribution in [0.4, 0.5) is 0 Å². The smallest absolute Gasteiger partial charge is 0.258 e. The van der Waals surface area contributed by atoms with E-state index in [2.05, 4.69) is 10.2 Å². The normalized spacial score (nSPS) is 21.9. The molecule has 1 aromatic rings. The molecule has 3 amide bonds. The van der Waals surface area contributed by atoms with Crippen molar-refractivity contribution in [2.45, 2.75) is 31.3 Å². The van der Waals surface area contributed by atoms with Crippen LogP contribution in [0.15, 0.2) is 24.3 Å². The fourth-order valence-electron chi connectivity index (χ4n) is 3.97. The summed E-state index contributed by atoms with van der Waals surface area (Å²) in [7, 11) is 5.77. The Hall–Kier alpha value is -2.61. The van der Waals surface area contributed by atoms with Gasteiger partial charge in [-0.15, -0.1) is 0 Å². The molecular weight excluding hydrogens is 384 g/mol. The highest BCUT2D eigenvalue weighted by Crippen LogP contribution is 2.35. The van der Waals surface area contributed by atoms with Crippen molar-refractivity contribution >= 4 is 17.7 Å². The van der Waals surface area contributed by atoms with Crippen molar-refractivity contribution in [1.82, 2.24) is 20.0 Å². The summed E-state index contributed by atoms with van der Waals surface area (Å²) >= 11 is 0. The lowest BCUT2D eigenvalue weighted by Gasteiger charge is -2.35. The molecule has 2 aliphatic rings. The second-order valence-electron chi connectivity index (χ2n) is 8.51. The molecule has 1 fully saturated rings. The number of likely N-dealkylation sites (tertiary alicyclic amines) is 1. The molecule has 0 aliphatic carbocycles. The van der Waals surface area contributed by atoms with Gasteiger partial charge in [0.05, 0.1) is 18.7 Å². The zero-order chi connectivity index (χ0) is 21.7. The van der Waals surface area contributed by atoms with Crippen LogP contribution in [0.3, 0.4) is 0 Å². The minimum atomic E-state index is -0.687. The van der Waals surface area contributed by atoms with Gasteiger partial charge in [-0.25, -0.2) is 0 Å².